The Morgan fingerprint density at radius 2 is 2.08 bits per heavy atom. The molecular formula is C17H16FN5O2S. The van der Waals surface area contributed by atoms with Crippen LogP contribution in [-0.4, -0.2) is 33.8 Å². The highest BCUT2D eigenvalue weighted by Crippen LogP contribution is 2.26. The molecule has 1 aromatic carbocycles. The summed E-state index contributed by atoms with van der Waals surface area (Å²) < 4.78 is 15.0. The van der Waals surface area contributed by atoms with Crippen molar-refractivity contribution in [3.05, 3.63) is 46.6 Å². The molecule has 1 saturated heterocycles. The van der Waals surface area contributed by atoms with Crippen molar-refractivity contribution < 1.29 is 9.18 Å². The molecule has 0 radical (unpaired) electrons. The van der Waals surface area contributed by atoms with Crippen LogP contribution in [0.25, 0.3) is 10.2 Å². The number of carbonyl (C=O) groups is 1. The lowest BCUT2D eigenvalue weighted by molar-refractivity contribution is -0.117. The minimum Gasteiger partial charge on any atom is -0.370 e. The molecule has 0 atom stereocenters. The molecule has 3 aromatic rings. The molecule has 0 unspecified atom stereocenters. The molecule has 1 amide bonds. The first-order chi connectivity index (χ1) is 12.6. The van der Waals surface area contributed by atoms with E-state index in [9.17, 15) is 14.0 Å². The number of nitrogens with one attached hydrogen (secondary N) is 1. The first-order valence-corrected chi connectivity index (χ1v) is 9.08. The molecule has 134 valence electrons. The average Bonchev–Trinajstić information content (AvgIpc) is 3.25. The van der Waals surface area contributed by atoms with E-state index in [-0.39, 0.29) is 17.9 Å². The second kappa shape index (κ2) is 6.83. The number of carbonyl (C=O) groups excluding carboxylic acids is 1. The Balaban J connectivity index is 1.46. The molecular weight excluding hydrogens is 357 g/mol. The van der Waals surface area contributed by atoms with E-state index in [0.29, 0.717) is 15.3 Å². The quantitative estimate of drug-likeness (QED) is 0.759. The summed E-state index contributed by atoms with van der Waals surface area (Å²) in [6, 6.07) is 5.75. The smallest absolute Gasteiger partial charge is 0.269 e. The van der Waals surface area contributed by atoms with Crippen LogP contribution in [0.3, 0.4) is 0 Å². The van der Waals surface area contributed by atoms with Crippen LogP contribution in [0, 0.1) is 5.82 Å². The van der Waals surface area contributed by atoms with Crippen LogP contribution < -0.4 is 15.8 Å². The van der Waals surface area contributed by atoms with Gasteiger partial charge < -0.3 is 10.2 Å². The number of hydrogen-bond donors (Lipinski definition) is 1. The van der Waals surface area contributed by atoms with Crippen molar-refractivity contribution in [2.45, 2.75) is 19.4 Å². The van der Waals surface area contributed by atoms with Crippen LogP contribution in [0.4, 0.5) is 15.2 Å². The number of fused-ring (bicyclic) bond motifs is 1. The maximum atomic E-state index is 13.2. The van der Waals surface area contributed by atoms with Crippen molar-refractivity contribution in [2.75, 3.05) is 23.3 Å². The van der Waals surface area contributed by atoms with E-state index in [1.54, 1.807) is 12.3 Å². The van der Waals surface area contributed by atoms with Gasteiger partial charge in [-0.1, -0.05) is 11.3 Å². The molecule has 0 bridgehead atoms. The zero-order chi connectivity index (χ0) is 18.1. The third kappa shape index (κ3) is 3.43. The highest BCUT2D eigenvalue weighted by Gasteiger charge is 2.15. The molecule has 0 spiro atoms. The Kier molecular flexibility index (Phi) is 4.37. The molecule has 2 aromatic heterocycles. The van der Waals surface area contributed by atoms with Crippen LogP contribution in [0.1, 0.15) is 12.8 Å². The van der Waals surface area contributed by atoms with Gasteiger partial charge in [-0.3, -0.25) is 9.59 Å². The largest absolute Gasteiger partial charge is 0.370 e. The highest BCUT2D eigenvalue weighted by atomic mass is 32.1. The maximum absolute atomic E-state index is 13.2. The van der Waals surface area contributed by atoms with E-state index in [4.69, 9.17) is 0 Å². The summed E-state index contributed by atoms with van der Waals surface area (Å²) in [7, 11) is 0. The molecule has 1 aliphatic heterocycles. The lowest BCUT2D eigenvalue weighted by Crippen LogP contribution is -2.30. The van der Waals surface area contributed by atoms with Crippen molar-refractivity contribution in [1.82, 2.24) is 14.8 Å². The number of rotatable bonds is 4. The van der Waals surface area contributed by atoms with Gasteiger partial charge in [-0.2, -0.15) is 5.10 Å². The third-order valence-electron chi connectivity index (χ3n) is 4.22. The van der Waals surface area contributed by atoms with E-state index in [0.717, 1.165) is 36.3 Å². The lowest BCUT2D eigenvalue weighted by atomic mass is 10.3. The van der Waals surface area contributed by atoms with Gasteiger partial charge >= 0.3 is 0 Å². The normalized spacial score (nSPS) is 14.1. The molecule has 4 rings (SSSR count). The first kappa shape index (κ1) is 16.6. The maximum Gasteiger partial charge on any atom is 0.269 e. The Hall–Kier alpha value is -2.81. The second-order valence-electron chi connectivity index (χ2n) is 6.08. The minimum absolute atomic E-state index is 0.205. The first-order valence-electron chi connectivity index (χ1n) is 8.26. The zero-order valence-corrected chi connectivity index (χ0v) is 14.6. The van der Waals surface area contributed by atoms with Crippen molar-refractivity contribution in [2.24, 2.45) is 0 Å². The summed E-state index contributed by atoms with van der Waals surface area (Å²) in [5.74, 6) is -0.763. The monoisotopic (exact) mass is 373 g/mol. The van der Waals surface area contributed by atoms with Gasteiger partial charge in [-0.05, 0) is 31.0 Å². The van der Waals surface area contributed by atoms with Gasteiger partial charge in [0.1, 0.15) is 12.4 Å². The van der Waals surface area contributed by atoms with Crippen molar-refractivity contribution in [1.29, 1.82) is 0 Å². The fourth-order valence-electron chi connectivity index (χ4n) is 2.94. The molecule has 1 fully saturated rings. The molecule has 7 nitrogen and oxygen atoms in total. The van der Waals surface area contributed by atoms with Gasteiger partial charge in [0.15, 0.2) is 5.13 Å². The van der Waals surface area contributed by atoms with Gasteiger partial charge in [0.05, 0.1) is 22.1 Å². The number of thiazole rings is 1. The van der Waals surface area contributed by atoms with Crippen LogP contribution >= 0.6 is 11.3 Å². The van der Waals surface area contributed by atoms with Crippen LogP contribution in [-0.2, 0) is 11.3 Å². The second-order valence-corrected chi connectivity index (χ2v) is 7.11. The van der Waals surface area contributed by atoms with E-state index < -0.39 is 5.91 Å². The number of benzene rings is 1. The van der Waals surface area contributed by atoms with Crippen LogP contribution in [0.2, 0.25) is 0 Å². The van der Waals surface area contributed by atoms with Crippen LogP contribution in [0.15, 0.2) is 35.3 Å². The van der Waals surface area contributed by atoms with Gasteiger partial charge in [0, 0.05) is 19.2 Å². The molecule has 0 aliphatic carbocycles. The fraction of sp³-hybridized carbons (Fsp3) is 0.294. The fourth-order valence-corrected chi connectivity index (χ4v) is 3.84. The predicted molar refractivity (Wildman–Crippen MR) is 98.2 cm³/mol. The van der Waals surface area contributed by atoms with Crippen molar-refractivity contribution in [3.8, 4) is 0 Å². The molecule has 9 heteroatoms. The molecule has 1 N–H and O–H groups in total. The number of aromatic nitrogens is 3. The summed E-state index contributed by atoms with van der Waals surface area (Å²) in [6.45, 7) is 1.64. The summed E-state index contributed by atoms with van der Waals surface area (Å²) in [6.07, 6.45) is 3.83. The number of amides is 1. The third-order valence-corrected chi connectivity index (χ3v) is 5.15. The summed E-state index contributed by atoms with van der Waals surface area (Å²) in [5, 5.41) is 7.08. The Bertz CT molecular complexity index is 1030. The number of hydrogen-bond acceptors (Lipinski definition) is 6. The Labute approximate surface area is 152 Å². The standard InChI is InChI=1S/C17H16FN5O2S/c18-11-3-4-13-14(7-11)26-17(20-13)21-15(24)10-23-16(25)8-12(9-19-23)22-5-1-2-6-22/h3-4,7-9H,1-2,5-6,10H2,(H,20,21,24). The lowest BCUT2D eigenvalue weighted by Gasteiger charge is -2.16. The topological polar surface area (TPSA) is 80.1 Å². The summed E-state index contributed by atoms with van der Waals surface area (Å²) in [5.41, 5.74) is 1.07. The minimum atomic E-state index is -0.409. The summed E-state index contributed by atoms with van der Waals surface area (Å²) in [4.78, 5) is 30.7. The van der Waals surface area contributed by atoms with E-state index in [2.05, 4.69) is 20.3 Å². The number of anilines is 2. The Morgan fingerprint density at radius 1 is 1.27 bits per heavy atom. The molecule has 26 heavy (non-hydrogen) atoms. The van der Waals surface area contributed by atoms with Crippen LogP contribution in [0.5, 0.6) is 0 Å². The number of halogens is 1. The summed E-state index contributed by atoms with van der Waals surface area (Å²) >= 11 is 1.18. The SMILES string of the molecule is O=C(Cn1ncc(N2CCCC2)cc1=O)Nc1nc2ccc(F)cc2s1. The average molecular weight is 373 g/mol. The zero-order valence-electron chi connectivity index (χ0n) is 13.8. The van der Waals surface area contributed by atoms with Crippen molar-refractivity contribution >= 4 is 38.3 Å². The Morgan fingerprint density at radius 3 is 2.85 bits per heavy atom. The molecule has 0 saturated carbocycles. The van der Waals surface area contributed by atoms with Gasteiger partial charge in [-0.15, -0.1) is 0 Å². The molecule has 3 heterocycles. The highest BCUT2D eigenvalue weighted by molar-refractivity contribution is 7.22. The van der Waals surface area contributed by atoms with E-state index in [1.807, 2.05) is 0 Å². The molecule has 1 aliphatic rings. The van der Waals surface area contributed by atoms with Crippen molar-refractivity contribution in [3.63, 3.8) is 0 Å². The van der Waals surface area contributed by atoms with E-state index >= 15 is 0 Å². The van der Waals surface area contributed by atoms with Gasteiger partial charge in [0.2, 0.25) is 5.91 Å². The van der Waals surface area contributed by atoms with Gasteiger partial charge in [0.25, 0.3) is 5.56 Å². The van der Waals surface area contributed by atoms with E-state index in [1.165, 1.54) is 29.5 Å². The predicted octanol–water partition coefficient (Wildman–Crippen LogP) is 2.23. The van der Waals surface area contributed by atoms with Gasteiger partial charge in [-0.25, -0.2) is 14.1 Å². The number of nitrogens with zero attached hydrogens (tertiary/aromatic N) is 4.